The lowest BCUT2D eigenvalue weighted by Crippen LogP contribution is -2.22. The largest absolute Gasteiger partial charge is 0.493 e. The number of esters is 1. The Morgan fingerprint density at radius 1 is 1.07 bits per heavy atom. The molecule has 0 aliphatic carbocycles. The molecular weight excluding hydrogens is 400 g/mol. The number of nitrogens with one attached hydrogen (secondary N) is 1. The van der Waals surface area contributed by atoms with Gasteiger partial charge in [-0.2, -0.15) is 5.26 Å². The number of methoxy groups -OCH3 is 3. The minimum atomic E-state index is -0.624. The van der Waals surface area contributed by atoms with Gasteiger partial charge < -0.3 is 24.3 Å². The second-order valence-corrected chi connectivity index (χ2v) is 6.16. The molecule has 152 valence electrons. The smallest absolute Gasteiger partial charge is 0.310 e. The number of hydrogen-bond acceptors (Lipinski definition) is 7. The van der Waals surface area contributed by atoms with Crippen LogP contribution in [0.25, 0.3) is 0 Å². The number of amides is 1. The number of carbonyl (C=O) groups is 2. The lowest BCUT2D eigenvalue weighted by atomic mass is 10.1. The van der Waals surface area contributed by atoms with Crippen LogP contribution in [0, 0.1) is 11.3 Å². The first kappa shape index (κ1) is 21.9. The van der Waals surface area contributed by atoms with Gasteiger partial charge in [0, 0.05) is 5.02 Å². The van der Waals surface area contributed by atoms with E-state index in [-0.39, 0.29) is 17.7 Å². The Labute approximate surface area is 172 Å². The van der Waals surface area contributed by atoms with Crippen molar-refractivity contribution in [2.45, 2.75) is 6.42 Å². The number of ether oxygens (including phenoxy) is 4. The predicted molar refractivity (Wildman–Crippen MR) is 106 cm³/mol. The topological polar surface area (TPSA) is 107 Å². The minimum absolute atomic E-state index is 0.107. The zero-order chi connectivity index (χ0) is 21.4. The average molecular weight is 419 g/mol. The van der Waals surface area contributed by atoms with Crippen molar-refractivity contribution < 1.29 is 28.5 Å². The van der Waals surface area contributed by atoms with Crippen LogP contribution in [0.2, 0.25) is 5.02 Å². The number of halogens is 1. The van der Waals surface area contributed by atoms with E-state index in [0.717, 1.165) is 0 Å². The molecule has 0 saturated heterocycles. The molecule has 1 amide bonds. The average Bonchev–Trinajstić information content (AvgIpc) is 2.71. The molecule has 0 heterocycles. The maximum absolute atomic E-state index is 12.1. The van der Waals surface area contributed by atoms with E-state index in [0.29, 0.717) is 27.8 Å². The normalized spacial score (nSPS) is 9.90. The van der Waals surface area contributed by atoms with Gasteiger partial charge in [0.15, 0.2) is 18.1 Å². The van der Waals surface area contributed by atoms with Crippen LogP contribution in [-0.2, 0) is 20.7 Å². The van der Waals surface area contributed by atoms with Gasteiger partial charge in [0.2, 0.25) is 5.75 Å². The van der Waals surface area contributed by atoms with E-state index in [4.69, 9.17) is 35.8 Å². The lowest BCUT2D eigenvalue weighted by molar-refractivity contribution is -0.146. The predicted octanol–water partition coefficient (Wildman–Crippen LogP) is 2.96. The summed E-state index contributed by atoms with van der Waals surface area (Å²) >= 11 is 5.87. The number of carbonyl (C=O) groups excluding carboxylic acids is 2. The Morgan fingerprint density at radius 3 is 2.28 bits per heavy atom. The molecule has 0 aliphatic rings. The number of anilines is 1. The van der Waals surface area contributed by atoms with Crippen LogP contribution in [0.5, 0.6) is 17.2 Å². The quantitative estimate of drug-likeness (QED) is 0.656. The third-order valence-corrected chi connectivity index (χ3v) is 4.05. The maximum atomic E-state index is 12.1. The molecule has 0 aliphatic heterocycles. The first-order chi connectivity index (χ1) is 13.9. The molecule has 0 unspecified atom stereocenters. The number of rotatable bonds is 8. The Kier molecular flexibility index (Phi) is 7.69. The van der Waals surface area contributed by atoms with E-state index in [2.05, 4.69) is 5.32 Å². The molecule has 0 bridgehead atoms. The minimum Gasteiger partial charge on any atom is -0.493 e. The monoisotopic (exact) mass is 418 g/mol. The van der Waals surface area contributed by atoms with Gasteiger partial charge >= 0.3 is 5.97 Å². The molecule has 9 heteroatoms. The molecule has 0 saturated carbocycles. The van der Waals surface area contributed by atoms with Gasteiger partial charge in [0.05, 0.1) is 39.0 Å². The third-order valence-electron chi connectivity index (χ3n) is 3.81. The van der Waals surface area contributed by atoms with E-state index < -0.39 is 18.5 Å². The van der Waals surface area contributed by atoms with Gasteiger partial charge in [-0.15, -0.1) is 0 Å². The summed E-state index contributed by atoms with van der Waals surface area (Å²) in [5.74, 6) is -0.0147. The molecule has 8 nitrogen and oxygen atoms in total. The Balaban J connectivity index is 1.99. The van der Waals surface area contributed by atoms with Crippen molar-refractivity contribution in [2.75, 3.05) is 33.3 Å². The summed E-state index contributed by atoms with van der Waals surface area (Å²) in [7, 11) is 4.41. The van der Waals surface area contributed by atoms with Crippen LogP contribution < -0.4 is 19.5 Å². The third kappa shape index (κ3) is 5.77. The van der Waals surface area contributed by atoms with Crippen molar-refractivity contribution in [3.8, 4) is 23.3 Å². The Morgan fingerprint density at radius 2 is 1.72 bits per heavy atom. The van der Waals surface area contributed by atoms with Gasteiger partial charge in [0.1, 0.15) is 6.07 Å². The summed E-state index contributed by atoms with van der Waals surface area (Å²) < 4.78 is 20.7. The van der Waals surface area contributed by atoms with Crippen molar-refractivity contribution in [3.05, 3.63) is 46.5 Å². The van der Waals surface area contributed by atoms with Gasteiger partial charge in [-0.05, 0) is 35.9 Å². The fraction of sp³-hybridized carbons (Fsp3) is 0.250. The molecule has 0 spiro atoms. The van der Waals surface area contributed by atoms with Crippen molar-refractivity contribution in [2.24, 2.45) is 0 Å². The molecule has 0 aromatic heterocycles. The molecular formula is C20H19ClN2O6. The van der Waals surface area contributed by atoms with Crippen molar-refractivity contribution in [3.63, 3.8) is 0 Å². The number of hydrogen-bond donors (Lipinski definition) is 1. The highest BCUT2D eigenvalue weighted by Crippen LogP contribution is 2.38. The van der Waals surface area contributed by atoms with E-state index >= 15 is 0 Å². The van der Waals surface area contributed by atoms with Crippen molar-refractivity contribution >= 4 is 29.2 Å². The molecule has 2 aromatic rings. The second kappa shape index (κ2) is 10.2. The SMILES string of the molecule is COc1cc(CC(=O)OCC(=O)Nc2cc(Cl)ccc2C#N)cc(OC)c1OC. The van der Waals surface area contributed by atoms with E-state index in [1.165, 1.54) is 39.5 Å². The Bertz CT molecular complexity index is 929. The first-order valence-corrected chi connectivity index (χ1v) is 8.73. The molecule has 0 atom stereocenters. The first-order valence-electron chi connectivity index (χ1n) is 8.35. The summed E-state index contributed by atoms with van der Waals surface area (Å²) in [6.45, 7) is -0.513. The zero-order valence-corrected chi connectivity index (χ0v) is 16.8. The summed E-state index contributed by atoms with van der Waals surface area (Å²) in [6, 6.07) is 9.64. The van der Waals surface area contributed by atoms with Gasteiger partial charge in [-0.3, -0.25) is 9.59 Å². The Hall–Kier alpha value is -3.44. The summed E-state index contributed by atoms with van der Waals surface area (Å²) in [4.78, 5) is 24.1. The van der Waals surface area contributed by atoms with Crippen molar-refractivity contribution in [1.82, 2.24) is 0 Å². The molecule has 2 aromatic carbocycles. The van der Waals surface area contributed by atoms with Gasteiger partial charge in [-0.25, -0.2) is 0 Å². The maximum Gasteiger partial charge on any atom is 0.310 e. The zero-order valence-electron chi connectivity index (χ0n) is 16.1. The van der Waals surface area contributed by atoms with Crippen LogP contribution in [0.15, 0.2) is 30.3 Å². The van der Waals surface area contributed by atoms with Crippen LogP contribution in [-0.4, -0.2) is 39.8 Å². The van der Waals surface area contributed by atoms with Crippen LogP contribution in [0.4, 0.5) is 5.69 Å². The van der Waals surface area contributed by atoms with Gasteiger partial charge in [-0.1, -0.05) is 11.6 Å². The van der Waals surface area contributed by atoms with E-state index in [1.807, 2.05) is 6.07 Å². The molecule has 0 radical (unpaired) electrons. The lowest BCUT2D eigenvalue weighted by Gasteiger charge is -2.14. The molecule has 1 N–H and O–H groups in total. The number of nitrogens with zero attached hydrogens (tertiary/aromatic N) is 1. The summed E-state index contributed by atoms with van der Waals surface area (Å²) in [5, 5.41) is 11.9. The highest BCUT2D eigenvalue weighted by atomic mass is 35.5. The fourth-order valence-electron chi connectivity index (χ4n) is 2.50. The van der Waals surface area contributed by atoms with Crippen LogP contribution in [0.3, 0.4) is 0 Å². The highest BCUT2D eigenvalue weighted by molar-refractivity contribution is 6.31. The molecule has 2 rings (SSSR count). The number of benzene rings is 2. The van der Waals surface area contributed by atoms with Crippen LogP contribution in [0.1, 0.15) is 11.1 Å². The standard InChI is InChI=1S/C20H19ClN2O6/c1-26-16-6-12(7-17(27-2)20(16)28-3)8-19(25)29-11-18(24)23-15-9-14(21)5-4-13(15)10-22/h4-7,9H,8,11H2,1-3H3,(H,23,24). The molecule has 29 heavy (non-hydrogen) atoms. The number of nitriles is 1. The second-order valence-electron chi connectivity index (χ2n) is 5.72. The van der Waals surface area contributed by atoms with Crippen molar-refractivity contribution in [1.29, 1.82) is 5.26 Å². The molecule has 0 fully saturated rings. The van der Waals surface area contributed by atoms with Crippen LogP contribution >= 0.6 is 11.6 Å². The van der Waals surface area contributed by atoms with Gasteiger partial charge in [0.25, 0.3) is 5.91 Å². The fourth-order valence-corrected chi connectivity index (χ4v) is 2.68. The van der Waals surface area contributed by atoms with E-state index in [1.54, 1.807) is 12.1 Å². The van der Waals surface area contributed by atoms with E-state index in [9.17, 15) is 9.59 Å². The highest BCUT2D eigenvalue weighted by Gasteiger charge is 2.16. The summed E-state index contributed by atoms with van der Waals surface area (Å²) in [5.41, 5.74) is 1.05. The summed E-state index contributed by atoms with van der Waals surface area (Å²) in [6.07, 6.45) is -0.107.